The number of ether oxygens (including phenoxy) is 1. The lowest BCUT2D eigenvalue weighted by Gasteiger charge is -2.37. The second kappa shape index (κ2) is 6.71. The van der Waals surface area contributed by atoms with Crippen molar-refractivity contribution in [2.75, 3.05) is 0 Å². The molecule has 2 fully saturated rings. The smallest absolute Gasteiger partial charge is 0.243 e. The van der Waals surface area contributed by atoms with Gasteiger partial charge in [0.1, 0.15) is 11.9 Å². The van der Waals surface area contributed by atoms with Crippen LogP contribution >= 0.6 is 0 Å². The average molecular weight is 369 g/mol. The molecule has 2 bridgehead atoms. The summed E-state index contributed by atoms with van der Waals surface area (Å²) in [5.74, 6) is 0.722. The molecule has 4 rings (SSSR count). The zero-order chi connectivity index (χ0) is 18.1. The molecule has 0 saturated carbocycles. The van der Waals surface area contributed by atoms with Crippen molar-refractivity contribution in [3.63, 3.8) is 0 Å². The first kappa shape index (κ1) is 17.0. The van der Waals surface area contributed by atoms with Crippen molar-refractivity contribution >= 4 is 10.0 Å². The fraction of sp³-hybridized carbons (Fsp3) is 0.368. The summed E-state index contributed by atoms with van der Waals surface area (Å²) in [6.45, 7) is 0. The van der Waals surface area contributed by atoms with Gasteiger partial charge in [0.15, 0.2) is 0 Å². The van der Waals surface area contributed by atoms with Crippen LogP contribution in [0, 0.1) is 11.3 Å². The van der Waals surface area contributed by atoms with E-state index in [9.17, 15) is 8.42 Å². The third kappa shape index (κ3) is 3.06. The van der Waals surface area contributed by atoms with Crippen molar-refractivity contribution < 1.29 is 13.2 Å². The number of nitriles is 1. The van der Waals surface area contributed by atoms with E-state index in [1.165, 1.54) is 12.1 Å². The molecule has 2 unspecified atom stereocenters. The maximum Gasteiger partial charge on any atom is 0.243 e. The molecule has 0 radical (unpaired) electrons. The molecule has 6 nitrogen and oxygen atoms in total. The van der Waals surface area contributed by atoms with Crippen molar-refractivity contribution in [2.45, 2.75) is 48.8 Å². The van der Waals surface area contributed by atoms with Gasteiger partial charge in [-0.1, -0.05) is 0 Å². The summed E-state index contributed by atoms with van der Waals surface area (Å²) in [5.41, 5.74) is 0.454. The SMILES string of the molecule is N#Cc1ccc(S(=O)(=O)N2C3CCC2CC(Oc2cccnc2)C3)cc1. The van der Waals surface area contributed by atoms with Crippen LogP contribution in [0.3, 0.4) is 0 Å². The van der Waals surface area contributed by atoms with Crippen molar-refractivity contribution in [3.05, 3.63) is 54.4 Å². The number of nitrogens with zero attached hydrogens (tertiary/aromatic N) is 3. The molecule has 0 aliphatic carbocycles. The fourth-order valence-corrected chi connectivity index (χ4v) is 5.90. The van der Waals surface area contributed by atoms with Crippen LogP contribution in [0.1, 0.15) is 31.2 Å². The summed E-state index contributed by atoms with van der Waals surface area (Å²) < 4.78 is 33.9. The van der Waals surface area contributed by atoms with Gasteiger partial charge in [-0.05, 0) is 49.2 Å². The molecule has 1 aromatic heterocycles. The van der Waals surface area contributed by atoms with Crippen LogP contribution in [0.5, 0.6) is 5.75 Å². The highest BCUT2D eigenvalue weighted by Gasteiger charge is 2.47. The standard InChI is InChI=1S/C19H19N3O3S/c20-12-14-3-7-19(8-4-14)26(23,24)22-15-5-6-16(22)11-18(10-15)25-17-2-1-9-21-13-17/h1-4,7-9,13,15-16,18H,5-6,10-11H2. The van der Waals surface area contributed by atoms with Gasteiger partial charge in [0.05, 0.1) is 22.7 Å². The summed E-state index contributed by atoms with van der Waals surface area (Å²) in [4.78, 5) is 4.31. The Kier molecular flexibility index (Phi) is 4.39. The van der Waals surface area contributed by atoms with Crippen LogP contribution in [-0.2, 0) is 10.0 Å². The summed E-state index contributed by atoms with van der Waals surface area (Å²) >= 11 is 0. The van der Waals surface area contributed by atoms with Gasteiger partial charge in [-0.15, -0.1) is 0 Å². The second-order valence-corrected chi connectivity index (χ2v) is 8.60. The highest BCUT2D eigenvalue weighted by molar-refractivity contribution is 7.89. The number of hydrogen-bond donors (Lipinski definition) is 0. The van der Waals surface area contributed by atoms with Gasteiger partial charge in [0, 0.05) is 31.1 Å². The Morgan fingerprint density at radius 2 is 1.81 bits per heavy atom. The van der Waals surface area contributed by atoms with E-state index in [4.69, 9.17) is 10.00 Å². The van der Waals surface area contributed by atoms with Crippen LogP contribution in [0.2, 0.25) is 0 Å². The van der Waals surface area contributed by atoms with Crippen molar-refractivity contribution in [2.24, 2.45) is 0 Å². The molecule has 0 N–H and O–H groups in total. The maximum absolute atomic E-state index is 13.1. The third-order valence-electron chi connectivity index (χ3n) is 5.12. The Hall–Kier alpha value is -2.43. The molecule has 2 saturated heterocycles. The van der Waals surface area contributed by atoms with E-state index in [1.54, 1.807) is 28.8 Å². The van der Waals surface area contributed by atoms with Crippen molar-refractivity contribution in [3.8, 4) is 11.8 Å². The summed E-state index contributed by atoms with van der Waals surface area (Å²) in [6, 6.07) is 11.8. The normalized spacial score (nSPS) is 25.6. The lowest BCUT2D eigenvalue weighted by molar-refractivity contribution is 0.0953. The summed E-state index contributed by atoms with van der Waals surface area (Å²) in [6.07, 6.45) is 6.46. The Labute approximate surface area is 153 Å². The largest absolute Gasteiger partial charge is 0.489 e. The minimum absolute atomic E-state index is 0.00381. The van der Waals surface area contributed by atoms with E-state index in [-0.39, 0.29) is 23.1 Å². The molecule has 0 amide bonds. The van der Waals surface area contributed by atoms with Crippen LogP contribution in [-0.4, -0.2) is 35.9 Å². The molecule has 3 heterocycles. The number of rotatable bonds is 4. The number of hydrogen-bond acceptors (Lipinski definition) is 5. The Morgan fingerprint density at radius 3 is 2.38 bits per heavy atom. The van der Waals surface area contributed by atoms with Crippen molar-refractivity contribution in [1.82, 2.24) is 9.29 Å². The van der Waals surface area contributed by atoms with Gasteiger partial charge in [-0.25, -0.2) is 8.42 Å². The number of benzene rings is 1. The molecule has 134 valence electrons. The van der Waals surface area contributed by atoms with Crippen LogP contribution in [0.4, 0.5) is 0 Å². The molecular weight excluding hydrogens is 350 g/mol. The van der Waals surface area contributed by atoms with Gasteiger partial charge in [0.25, 0.3) is 0 Å². The molecule has 7 heteroatoms. The average Bonchev–Trinajstić information content (AvgIpc) is 2.95. The summed E-state index contributed by atoms with van der Waals surface area (Å²) in [7, 11) is -3.56. The minimum atomic E-state index is -3.56. The maximum atomic E-state index is 13.1. The molecule has 0 spiro atoms. The Bertz CT molecular complexity index is 909. The van der Waals surface area contributed by atoms with E-state index < -0.39 is 10.0 Å². The van der Waals surface area contributed by atoms with E-state index in [2.05, 4.69) is 4.98 Å². The fourth-order valence-electron chi connectivity index (χ4n) is 4.01. The third-order valence-corrected chi connectivity index (χ3v) is 7.14. The lowest BCUT2D eigenvalue weighted by Crippen LogP contribution is -2.49. The second-order valence-electron chi connectivity index (χ2n) is 6.76. The number of sulfonamides is 1. The molecule has 2 atom stereocenters. The predicted molar refractivity (Wildman–Crippen MR) is 94.9 cm³/mol. The van der Waals surface area contributed by atoms with Crippen LogP contribution in [0.25, 0.3) is 0 Å². The summed E-state index contributed by atoms with van der Waals surface area (Å²) in [5, 5.41) is 8.90. The number of piperidine rings is 1. The first-order chi connectivity index (χ1) is 12.6. The van der Waals surface area contributed by atoms with E-state index >= 15 is 0 Å². The van der Waals surface area contributed by atoms with Gasteiger partial charge >= 0.3 is 0 Å². The number of pyridine rings is 1. The molecule has 2 aromatic rings. The molecule has 1 aromatic carbocycles. The van der Waals surface area contributed by atoms with E-state index in [0.717, 1.165) is 18.6 Å². The van der Waals surface area contributed by atoms with Gasteiger partial charge < -0.3 is 4.74 Å². The Balaban J connectivity index is 1.53. The monoisotopic (exact) mass is 369 g/mol. The highest BCUT2D eigenvalue weighted by Crippen LogP contribution is 2.40. The van der Waals surface area contributed by atoms with Crippen LogP contribution in [0.15, 0.2) is 53.7 Å². The number of fused-ring (bicyclic) bond motifs is 2. The van der Waals surface area contributed by atoms with E-state index in [1.807, 2.05) is 18.2 Å². The zero-order valence-corrected chi connectivity index (χ0v) is 15.0. The van der Waals surface area contributed by atoms with E-state index in [0.29, 0.717) is 18.4 Å². The molecular formula is C19H19N3O3S. The predicted octanol–water partition coefficient (Wildman–Crippen LogP) is 2.72. The van der Waals surface area contributed by atoms with Crippen molar-refractivity contribution in [1.29, 1.82) is 5.26 Å². The Morgan fingerprint density at radius 1 is 1.12 bits per heavy atom. The highest BCUT2D eigenvalue weighted by atomic mass is 32.2. The molecule has 2 aliphatic heterocycles. The first-order valence-electron chi connectivity index (χ1n) is 8.68. The van der Waals surface area contributed by atoms with Gasteiger partial charge in [-0.2, -0.15) is 9.57 Å². The zero-order valence-electron chi connectivity index (χ0n) is 14.2. The lowest BCUT2D eigenvalue weighted by atomic mass is 10.0. The quantitative estimate of drug-likeness (QED) is 0.827. The van der Waals surface area contributed by atoms with Gasteiger partial charge in [0.2, 0.25) is 10.0 Å². The van der Waals surface area contributed by atoms with Crippen LogP contribution < -0.4 is 4.74 Å². The van der Waals surface area contributed by atoms with Gasteiger partial charge in [-0.3, -0.25) is 4.98 Å². The molecule has 26 heavy (non-hydrogen) atoms. The first-order valence-corrected chi connectivity index (χ1v) is 10.1. The topological polar surface area (TPSA) is 83.3 Å². The minimum Gasteiger partial charge on any atom is -0.489 e. The number of aromatic nitrogens is 1. The molecule has 2 aliphatic rings.